The third-order valence-corrected chi connectivity index (χ3v) is 12.7. The van der Waals surface area contributed by atoms with E-state index in [0.29, 0.717) is 121 Å². The van der Waals surface area contributed by atoms with Crippen LogP contribution in [0.3, 0.4) is 0 Å². The van der Waals surface area contributed by atoms with Crippen LogP contribution in [0.5, 0.6) is 23.0 Å². The molecule has 0 amide bonds. The number of allylic oxidation sites excluding steroid dienone is 2. The summed E-state index contributed by atoms with van der Waals surface area (Å²) >= 11 is 30.8. The first kappa shape index (κ1) is 64.1. The number of halogens is 5. The minimum atomic E-state index is -0.509. The largest absolute Gasteiger partial charge is 1.00 e. The second-order valence-corrected chi connectivity index (χ2v) is 17.3. The smallest absolute Gasteiger partial charge is 0.662 e. The quantitative estimate of drug-likeness (QED) is 0.0285. The SMILES string of the molecule is C.C=CC(=O)C[C@H]1CCOC[C@H]1Nc1ncc2cc(-c3c(Cl)c(OC)cc(OC)c3Cl)ncc2n1.C=CC(=O)Cl.COc1cc(OC)c(Cl)c(-c2cc3cnc(N[C@@H]4COCC[C@@H]4N)nc3cn2)c1Cl.O=CO[O-].[Na+]. The Balaban J connectivity index is 0.000000334. The number of ether oxygens (including phenoxy) is 6. The molecule has 2 saturated heterocycles. The molecule has 6 aromatic rings. The predicted molar refractivity (Wildman–Crippen MR) is 284 cm³/mol. The second-order valence-electron chi connectivity index (χ2n) is 15.4. The Bertz CT molecular complexity index is 2880. The Morgan fingerprint density at radius 2 is 1.11 bits per heavy atom. The zero-order chi connectivity index (χ0) is 53.2. The molecule has 0 bridgehead atoms. The molecule has 4 N–H and O–H groups in total. The standard InChI is InChI=1S/C24H24Cl2N4O4.C20H21Cl2N5O3.C3H3ClO.CH2O3.CH4.Na/c1-4-15(31)7-13-5-6-34-12-18(13)30-24-28-10-14-8-16(27-11-17(14)29-24)21-22(25)19(32-2)9-20(33-3)23(21)26;1-28-15-6-16(29-2)19(22)17(18(15)21)12-5-10-7-25-20(26-13(10)8-24-12)27-14-9-30-4-3-11(14)23;1-2-3(4)5;2-1-4-3;;/h4,8-11,13,18H,1,5-7,12H2,2-3H3,(H,28,29,30);5-8,11,14H,3-4,9,23H2,1-2H3,(H,25,26,27);2H,1H2;1,3H;1H4;/q;;;;;+1/p-1/t13-,18-;11-,14+;;;;/m10..../s1. The van der Waals surface area contributed by atoms with Gasteiger partial charge >= 0.3 is 29.6 Å². The number of carbonyl (C=O) groups excluding carboxylic acids is 3. The van der Waals surface area contributed by atoms with Crippen LogP contribution in [0.2, 0.25) is 20.1 Å². The van der Waals surface area contributed by atoms with Gasteiger partial charge in [0.1, 0.15) is 23.0 Å². The fourth-order valence-electron chi connectivity index (χ4n) is 7.26. The molecule has 0 spiro atoms. The number of nitrogens with two attached hydrogens (primary N) is 1. The van der Waals surface area contributed by atoms with Crippen LogP contribution < -0.4 is 70.1 Å². The topological polar surface area (TPSA) is 266 Å². The van der Waals surface area contributed by atoms with Crippen molar-refractivity contribution in [2.45, 2.75) is 44.8 Å². The van der Waals surface area contributed by atoms with E-state index in [2.05, 4.69) is 58.6 Å². The number of rotatable bonds is 15. The van der Waals surface area contributed by atoms with E-state index in [1.54, 1.807) is 43.0 Å². The van der Waals surface area contributed by atoms with Gasteiger partial charge in [-0.15, -0.1) is 0 Å². The van der Waals surface area contributed by atoms with Gasteiger partial charge in [-0.05, 0) is 54.6 Å². The Morgan fingerprint density at radius 1 is 0.707 bits per heavy atom. The first-order chi connectivity index (χ1) is 35.1. The molecule has 2 fully saturated rings. The number of nitrogens with zero attached hydrogens (tertiary/aromatic N) is 6. The zero-order valence-electron chi connectivity index (χ0n) is 40.7. The van der Waals surface area contributed by atoms with Gasteiger partial charge in [-0.25, -0.2) is 19.9 Å². The van der Waals surface area contributed by atoms with E-state index in [0.717, 1.165) is 29.7 Å². The van der Waals surface area contributed by atoms with E-state index in [9.17, 15) is 9.59 Å². The van der Waals surface area contributed by atoms with Crippen molar-refractivity contribution < 1.29 is 82.5 Å². The average molecular weight is 1140 g/mol. The van der Waals surface area contributed by atoms with E-state index in [1.807, 2.05) is 6.07 Å². The van der Waals surface area contributed by atoms with Crippen molar-refractivity contribution in [1.29, 1.82) is 0 Å². The Kier molecular flexibility index (Phi) is 27.1. The zero-order valence-corrected chi connectivity index (χ0v) is 46.4. The molecule has 4 aromatic heterocycles. The van der Waals surface area contributed by atoms with E-state index < -0.39 is 5.24 Å². The molecule has 396 valence electrons. The van der Waals surface area contributed by atoms with E-state index in [4.69, 9.17) is 102 Å². The van der Waals surface area contributed by atoms with E-state index >= 15 is 0 Å². The molecule has 2 aliphatic rings. The van der Waals surface area contributed by atoms with Crippen molar-refractivity contribution in [2.75, 3.05) is 65.5 Å². The molecule has 0 unspecified atom stereocenters. The number of carbonyl (C=O) groups is 3. The molecule has 8 rings (SSSR count). The van der Waals surface area contributed by atoms with Crippen LogP contribution in [0.4, 0.5) is 11.9 Å². The molecule has 75 heavy (non-hydrogen) atoms. The van der Waals surface area contributed by atoms with Crippen molar-refractivity contribution in [3.05, 3.63) is 94.5 Å². The van der Waals surface area contributed by atoms with Crippen molar-refractivity contribution in [2.24, 2.45) is 11.7 Å². The van der Waals surface area contributed by atoms with Gasteiger partial charge in [-0.2, -0.15) is 0 Å². The summed E-state index contributed by atoms with van der Waals surface area (Å²) in [5.41, 5.74) is 9.56. The number of hydrogen-bond acceptors (Lipinski definition) is 20. The molecule has 0 aliphatic carbocycles. The van der Waals surface area contributed by atoms with Crippen LogP contribution in [-0.2, 0) is 28.7 Å². The maximum Gasteiger partial charge on any atom is 1.00 e. The summed E-state index contributed by atoms with van der Waals surface area (Å²) in [4.78, 5) is 59.6. The maximum absolute atomic E-state index is 11.9. The molecular weight excluding hydrogens is 1090 g/mol. The van der Waals surface area contributed by atoms with Gasteiger partial charge in [0.25, 0.3) is 6.47 Å². The number of ketones is 1. The fourth-order valence-corrected chi connectivity index (χ4v) is 8.65. The Morgan fingerprint density at radius 3 is 1.48 bits per heavy atom. The van der Waals surface area contributed by atoms with Crippen molar-refractivity contribution in [1.82, 2.24) is 29.9 Å². The second kappa shape index (κ2) is 31.8. The normalized spacial score (nSPS) is 16.4. The molecule has 0 radical (unpaired) electrons. The summed E-state index contributed by atoms with van der Waals surface area (Å²) in [5, 5.41) is 17.4. The van der Waals surface area contributed by atoms with Crippen LogP contribution in [0.15, 0.2) is 74.4 Å². The molecule has 6 heterocycles. The molecule has 2 aromatic carbocycles. The number of pyridine rings is 2. The van der Waals surface area contributed by atoms with Gasteiger partial charge in [0.2, 0.25) is 17.1 Å². The van der Waals surface area contributed by atoms with Crippen LogP contribution in [0.25, 0.3) is 44.3 Å². The summed E-state index contributed by atoms with van der Waals surface area (Å²) < 4.78 is 32.5. The van der Waals surface area contributed by atoms with Gasteiger partial charge in [-0.1, -0.05) is 67.0 Å². The molecular formula is C49H53Cl5N9NaO11. The number of methoxy groups -OCH3 is 4. The molecule has 0 saturated carbocycles. The number of benzene rings is 2. The molecule has 2 aliphatic heterocycles. The van der Waals surface area contributed by atoms with Gasteiger partial charge < -0.3 is 54.9 Å². The van der Waals surface area contributed by atoms with Crippen molar-refractivity contribution in [3.63, 3.8) is 0 Å². The fraction of sp³-hybridized carbons (Fsp3) is 0.327. The maximum atomic E-state index is 11.9. The summed E-state index contributed by atoms with van der Waals surface area (Å²) in [7, 11) is 6.09. The third-order valence-electron chi connectivity index (χ3n) is 11.0. The van der Waals surface area contributed by atoms with E-state index in [-0.39, 0.29) is 73.3 Å². The summed E-state index contributed by atoms with van der Waals surface area (Å²) in [5.74, 6) is 2.78. The van der Waals surface area contributed by atoms with Crippen LogP contribution in [0.1, 0.15) is 26.7 Å². The van der Waals surface area contributed by atoms with E-state index in [1.165, 1.54) is 34.5 Å². The van der Waals surface area contributed by atoms with Crippen LogP contribution >= 0.6 is 58.0 Å². The minimum absolute atomic E-state index is 0. The van der Waals surface area contributed by atoms with Gasteiger partial charge in [0.05, 0.1) is 109 Å². The number of nitrogens with one attached hydrogen (secondary N) is 2. The third kappa shape index (κ3) is 17.1. The molecule has 26 heteroatoms. The predicted octanol–water partition coefficient (Wildman–Crippen LogP) is 5.53. The summed E-state index contributed by atoms with van der Waals surface area (Å²) in [6.07, 6.45) is 11.1. The van der Waals surface area contributed by atoms with Crippen molar-refractivity contribution in [3.8, 4) is 45.5 Å². The van der Waals surface area contributed by atoms with Crippen LogP contribution in [0, 0.1) is 5.92 Å². The first-order valence-electron chi connectivity index (χ1n) is 21.7. The number of fused-ring (bicyclic) bond motifs is 2. The Hall–Kier alpha value is -5.20. The van der Waals surface area contributed by atoms with Crippen molar-refractivity contribution >= 4 is 109 Å². The summed E-state index contributed by atoms with van der Waals surface area (Å²) in [6.45, 7) is 8.76. The van der Waals surface area contributed by atoms with Crippen LogP contribution in [-0.4, -0.2) is 120 Å². The Labute approximate surface area is 480 Å². The van der Waals surface area contributed by atoms with Gasteiger partial charge in [0.15, 0.2) is 5.78 Å². The average Bonchev–Trinajstić information content (AvgIpc) is 3.40. The number of anilines is 2. The van der Waals surface area contributed by atoms with Gasteiger partial charge in [-0.3, -0.25) is 24.4 Å². The first-order valence-corrected chi connectivity index (χ1v) is 23.6. The minimum Gasteiger partial charge on any atom is -0.662 e. The monoisotopic (exact) mass is 1140 g/mol. The van der Waals surface area contributed by atoms with Gasteiger partial charge in [0, 0.05) is 72.1 Å². The number of aromatic nitrogens is 6. The summed E-state index contributed by atoms with van der Waals surface area (Å²) in [6, 6.07) is 6.76. The molecule has 4 atom stereocenters. The molecule has 20 nitrogen and oxygen atoms in total. The number of hydrogen-bond donors (Lipinski definition) is 3.